The van der Waals surface area contributed by atoms with Crippen LogP contribution in [0, 0.1) is 0 Å². The fourth-order valence-electron chi connectivity index (χ4n) is 5.13. The third-order valence-corrected chi connectivity index (χ3v) is 8.41. The Kier molecular flexibility index (Phi) is 6.78. The first-order valence-electron chi connectivity index (χ1n) is 12.9. The quantitative estimate of drug-likeness (QED) is 0.311. The molecule has 4 aromatic heterocycles. The Hall–Kier alpha value is -2.73. The van der Waals surface area contributed by atoms with Gasteiger partial charge in [0, 0.05) is 49.0 Å². The van der Waals surface area contributed by atoms with Crippen molar-refractivity contribution in [1.29, 1.82) is 0 Å². The number of rotatable bonds is 6. The number of nitrogens with one attached hydrogen (secondary N) is 1. The largest absolute Gasteiger partial charge is 0.382 e. The molecule has 6 rings (SSSR count). The van der Waals surface area contributed by atoms with E-state index in [2.05, 4.69) is 31.7 Å². The van der Waals surface area contributed by atoms with E-state index in [9.17, 15) is 0 Å². The van der Waals surface area contributed by atoms with Crippen LogP contribution in [-0.4, -0.2) is 67.0 Å². The Bertz CT molecular complexity index is 1440. The number of fused-ring (bicyclic) bond motifs is 2. The van der Waals surface area contributed by atoms with E-state index in [1.165, 1.54) is 11.8 Å². The molecule has 2 aliphatic heterocycles. The average molecular weight is 539 g/mol. The van der Waals surface area contributed by atoms with Gasteiger partial charge in [-0.3, -0.25) is 4.90 Å². The Balaban J connectivity index is 1.32. The predicted molar refractivity (Wildman–Crippen MR) is 148 cm³/mol. The molecule has 2 fully saturated rings. The smallest absolute Gasteiger partial charge is 0.196 e. The zero-order valence-corrected chi connectivity index (χ0v) is 22.4. The van der Waals surface area contributed by atoms with Crippen molar-refractivity contribution in [2.24, 2.45) is 5.73 Å². The number of hydrogen-bond acceptors (Lipinski definition) is 10. The van der Waals surface area contributed by atoms with Gasteiger partial charge in [-0.1, -0.05) is 18.5 Å². The van der Waals surface area contributed by atoms with Crippen molar-refractivity contribution in [3.63, 3.8) is 0 Å². The van der Waals surface area contributed by atoms with Crippen molar-refractivity contribution in [2.75, 3.05) is 36.8 Å². The van der Waals surface area contributed by atoms with Crippen molar-refractivity contribution < 1.29 is 0 Å². The highest BCUT2D eigenvalue weighted by molar-refractivity contribution is 7.99. The van der Waals surface area contributed by atoms with E-state index >= 15 is 0 Å². The number of pyridine rings is 1. The lowest BCUT2D eigenvalue weighted by Gasteiger charge is -2.29. The van der Waals surface area contributed by atoms with Crippen molar-refractivity contribution in [3.8, 4) is 0 Å². The summed E-state index contributed by atoms with van der Waals surface area (Å²) in [5.41, 5.74) is 15.4. The third-order valence-electron chi connectivity index (χ3n) is 7.17. The standard InChI is InChI=1S/C25H31ClN10S/c1-2-16-20(26)19-23(31-16)33-25(34-24(19)36-7-3-4-8-36)37-15-11-17-21(29-12-15)22(28)32-18(30-17)13-35-9-5-14(27)6-10-35/h11-12,14H,2-10,13,27H2,1H3,(H2,28,30,32)(H,31,33,34). The molecule has 0 radical (unpaired) electrons. The van der Waals surface area contributed by atoms with Gasteiger partial charge < -0.3 is 21.4 Å². The first kappa shape index (κ1) is 24.6. The normalized spacial score (nSPS) is 17.4. The highest BCUT2D eigenvalue weighted by Gasteiger charge is 2.23. The summed E-state index contributed by atoms with van der Waals surface area (Å²) in [7, 11) is 0. The van der Waals surface area contributed by atoms with E-state index in [0.717, 1.165) is 96.3 Å². The second kappa shape index (κ2) is 10.2. The molecule has 194 valence electrons. The molecule has 0 aliphatic carbocycles. The molecule has 0 saturated carbocycles. The highest BCUT2D eigenvalue weighted by Crippen LogP contribution is 2.38. The second-order valence-electron chi connectivity index (χ2n) is 9.80. The van der Waals surface area contributed by atoms with E-state index in [-0.39, 0.29) is 6.04 Å². The summed E-state index contributed by atoms with van der Waals surface area (Å²) in [6.45, 7) is 6.56. The van der Waals surface area contributed by atoms with Crippen LogP contribution in [0.4, 0.5) is 11.6 Å². The average Bonchev–Trinajstić information content (AvgIpc) is 3.53. The molecule has 0 unspecified atom stereocenters. The lowest BCUT2D eigenvalue weighted by atomic mass is 10.1. The summed E-state index contributed by atoms with van der Waals surface area (Å²) < 4.78 is 0. The number of nitrogen functional groups attached to an aromatic ring is 1. The van der Waals surface area contributed by atoms with Crippen LogP contribution in [0.15, 0.2) is 22.3 Å². The van der Waals surface area contributed by atoms with Crippen LogP contribution in [0.5, 0.6) is 0 Å². The second-order valence-corrected chi connectivity index (χ2v) is 11.2. The molecule has 2 saturated heterocycles. The summed E-state index contributed by atoms with van der Waals surface area (Å²) in [6, 6.07) is 2.27. The number of aromatic nitrogens is 6. The van der Waals surface area contributed by atoms with Gasteiger partial charge in [-0.05, 0) is 49.9 Å². The Morgan fingerprint density at radius 1 is 1.11 bits per heavy atom. The fourth-order valence-corrected chi connectivity index (χ4v) is 6.24. The minimum Gasteiger partial charge on any atom is -0.382 e. The molecule has 4 aromatic rings. The summed E-state index contributed by atoms with van der Waals surface area (Å²) >= 11 is 8.20. The van der Waals surface area contributed by atoms with Gasteiger partial charge in [0.1, 0.15) is 22.8 Å². The summed E-state index contributed by atoms with van der Waals surface area (Å²) in [5.74, 6) is 1.99. The van der Waals surface area contributed by atoms with Crippen LogP contribution < -0.4 is 16.4 Å². The first-order chi connectivity index (χ1) is 18.0. The molecule has 0 amide bonds. The van der Waals surface area contributed by atoms with Crippen molar-refractivity contribution in [1.82, 2.24) is 34.8 Å². The number of piperidine rings is 1. The molecule has 10 nitrogen and oxygen atoms in total. The summed E-state index contributed by atoms with van der Waals surface area (Å²) in [6.07, 6.45) is 6.86. The van der Waals surface area contributed by atoms with Gasteiger partial charge in [0.2, 0.25) is 0 Å². The van der Waals surface area contributed by atoms with Gasteiger partial charge >= 0.3 is 0 Å². The molecular formula is C25H31ClN10S. The number of nitrogens with zero attached hydrogens (tertiary/aromatic N) is 7. The van der Waals surface area contributed by atoms with E-state index in [1.807, 2.05) is 6.07 Å². The molecular weight excluding hydrogens is 508 g/mol. The monoisotopic (exact) mass is 538 g/mol. The number of nitrogens with two attached hydrogens (primary N) is 2. The van der Waals surface area contributed by atoms with E-state index in [1.54, 1.807) is 6.20 Å². The van der Waals surface area contributed by atoms with Crippen LogP contribution >= 0.6 is 23.4 Å². The van der Waals surface area contributed by atoms with Gasteiger partial charge in [-0.2, -0.15) is 0 Å². The number of H-pyrrole nitrogens is 1. The van der Waals surface area contributed by atoms with Gasteiger partial charge in [0.15, 0.2) is 11.0 Å². The van der Waals surface area contributed by atoms with Crippen molar-refractivity contribution >= 4 is 57.1 Å². The van der Waals surface area contributed by atoms with E-state index in [0.29, 0.717) is 28.9 Å². The maximum Gasteiger partial charge on any atom is 0.196 e. The molecule has 0 bridgehead atoms. The van der Waals surface area contributed by atoms with Crippen molar-refractivity contribution in [3.05, 3.63) is 28.8 Å². The predicted octanol–water partition coefficient (Wildman–Crippen LogP) is 3.77. The molecule has 0 atom stereocenters. The number of hydrogen-bond donors (Lipinski definition) is 3. The minimum atomic E-state index is 0.283. The van der Waals surface area contributed by atoms with Gasteiger partial charge in [-0.25, -0.2) is 24.9 Å². The topological polar surface area (TPSA) is 139 Å². The molecule has 0 spiro atoms. The van der Waals surface area contributed by atoms with Crippen LogP contribution in [-0.2, 0) is 13.0 Å². The molecule has 12 heteroatoms. The number of likely N-dealkylation sites (tertiary alicyclic amines) is 1. The lowest BCUT2D eigenvalue weighted by Crippen LogP contribution is -2.39. The van der Waals surface area contributed by atoms with Gasteiger partial charge in [0.25, 0.3) is 0 Å². The SMILES string of the molecule is CCc1[nH]c2nc(Sc3cnc4c(N)nc(CN5CCC(N)CC5)nc4c3)nc(N3CCCC3)c2c1Cl. The fraction of sp³-hybridized carbons (Fsp3) is 0.480. The minimum absolute atomic E-state index is 0.283. The van der Waals surface area contributed by atoms with Crippen LogP contribution in [0.2, 0.25) is 5.02 Å². The van der Waals surface area contributed by atoms with E-state index < -0.39 is 0 Å². The summed E-state index contributed by atoms with van der Waals surface area (Å²) in [4.78, 5) is 32.6. The lowest BCUT2D eigenvalue weighted by molar-refractivity contribution is 0.201. The molecule has 2 aliphatic rings. The number of anilines is 2. The maximum absolute atomic E-state index is 6.73. The Morgan fingerprint density at radius 2 is 1.89 bits per heavy atom. The highest BCUT2D eigenvalue weighted by atomic mass is 35.5. The zero-order chi connectivity index (χ0) is 25.5. The number of halogens is 1. The number of aryl methyl sites for hydroxylation is 1. The number of aromatic amines is 1. The van der Waals surface area contributed by atoms with Crippen LogP contribution in [0.25, 0.3) is 22.1 Å². The first-order valence-corrected chi connectivity index (χ1v) is 14.1. The van der Waals surface area contributed by atoms with Gasteiger partial charge in [-0.15, -0.1) is 0 Å². The summed E-state index contributed by atoms with van der Waals surface area (Å²) in [5, 5.41) is 2.27. The zero-order valence-electron chi connectivity index (χ0n) is 20.9. The van der Waals surface area contributed by atoms with Crippen molar-refractivity contribution in [2.45, 2.75) is 61.7 Å². The maximum atomic E-state index is 6.73. The Labute approximate surface area is 224 Å². The molecule has 6 heterocycles. The molecule has 0 aromatic carbocycles. The molecule has 37 heavy (non-hydrogen) atoms. The molecule has 5 N–H and O–H groups in total. The third kappa shape index (κ3) is 4.93. The van der Waals surface area contributed by atoms with E-state index in [4.69, 9.17) is 38.0 Å². The Morgan fingerprint density at radius 3 is 2.65 bits per heavy atom. The van der Waals surface area contributed by atoms with Crippen LogP contribution in [0.3, 0.4) is 0 Å². The van der Waals surface area contributed by atoms with Gasteiger partial charge in [0.05, 0.1) is 22.5 Å². The van der Waals surface area contributed by atoms with Crippen LogP contribution in [0.1, 0.15) is 44.1 Å².